The summed E-state index contributed by atoms with van der Waals surface area (Å²) in [6.07, 6.45) is 1.31. The van der Waals surface area contributed by atoms with Crippen LogP contribution in [0.2, 0.25) is 0 Å². The number of oxazole rings is 1. The summed E-state index contributed by atoms with van der Waals surface area (Å²) in [6, 6.07) is 17.3. The zero-order valence-corrected chi connectivity index (χ0v) is 14.6. The highest BCUT2D eigenvalue weighted by atomic mass is 16.5. The number of carboxylic acids is 1. The van der Waals surface area contributed by atoms with Crippen LogP contribution in [0.15, 0.2) is 59.0 Å². The maximum Gasteiger partial charge on any atom is 0.303 e. The summed E-state index contributed by atoms with van der Waals surface area (Å²) < 4.78 is 11.5. The van der Waals surface area contributed by atoms with Gasteiger partial charge in [0.05, 0.1) is 12.3 Å². The number of hydrogen-bond donors (Lipinski definition) is 1. The third kappa shape index (κ3) is 4.72. The van der Waals surface area contributed by atoms with Crippen molar-refractivity contribution in [3.05, 3.63) is 71.6 Å². The zero-order chi connectivity index (χ0) is 18.4. The van der Waals surface area contributed by atoms with Crippen molar-refractivity contribution < 1.29 is 19.1 Å². The highest BCUT2D eigenvalue weighted by molar-refractivity contribution is 5.67. The molecule has 0 aliphatic carbocycles. The Balaban J connectivity index is 1.53. The first-order chi connectivity index (χ1) is 12.6. The van der Waals surface area contributed by atoms with E-state index in [1.54, 1.807) is 0 Å². The lowest BCUT2D eigenvalue weighted by molar-refractivity contribution is -0.136. The van der Waals surface area contributed by atoms with Crippen molar-refractivity contribution in [3.63, 3.8) is 0 Å². The maximum absolute atomic E-state index is 10.6. The first-order valence-corrected chi connectivity index (χ1v) is 8.57. The average Bonchev–Trinajstić information content (AvgIpc) is 3.03. The monoisotopic (exact) mass is 351 g/mol. The van der Waals surface area contributed by atoms with Gasteiger partial charge in [0.15, 0.2) is 0 Å². The number of ether oxygens (including phenoxy) is 1. The Bertz CT molecular complexity index is 853. The van der Waals surface area contributed by atoms with Crippen molar-refractivity contribution in [2.45, 2.75) is 26.2 Å². The maximum atomic E-state index is 10.6. The Morgan fingerprint density at radius 3 is 2.50 bits per heavy atom. The summed E-state index contributed by atoms with van der Waals surface area (Å²) in [5.74, 6) is 1.40. The predicted octanol–water partition coefficient (Wildman–Crippen LogP) is 4.29. The molecule has 26 heavy (non-hydrogen) atoms. The number of carbonyl (C=O) groups is 1. The quantitative estimate of drug-likeness (QED) is 0.655. The Morgan fingerprint density at radius 2 is 1.81 bits per heavy atom. The van der Waals surface area contributed by atoms with Gasteiger partial charge in [-0.2, -0.15) is 0 Å². The van der Waals surface area contributed by atoms with Gasteiger partial charge in [-0.05, 0) is 43.2 Å². The van der Waals surface area contributed by atoms with Crippen LogP contribution < -0.4 is 4.74 Å². The Kier molecular flexibility index (Phi) is 5.69. The summed E-state index contributed by atoms with van der Waals surface area (Å²) in [5, 5.41) is 8.71. The fourth-order valence-corrected chi connectivity index (χ4v) is 2.63. The molecule has 1 N–H and O–H groups in total. The molecule has 0 atom stereocenters. The van der Waals surface area contributed by atoms with Crippen LogP contribution >= 0.6 is 0 Å². The average molecular weight is 351 g/mol. The minimum Gasteiger partial charge on any atom is -0.493 e. The molecule has 2 aromatic carbocycles. The molecule has 1 aromatic heterocycles. The molecule has 3 aromatic rings. The molecule has 134 valence electrons. The van der Waals surface area contributed by atoms with E-state index < -0.39 is 5.97 Å². The zero-order valence-electron chi connectivity index (χ0n) is 14.6. The van der Waals surface area contributed by atoms with Crippen LogP contribution in [0.3, 0.4) is 0 Å². The van der Waals surface area contributed by atoms with E-state index in [1.807, 2.05) is 61.5 Å². The van der Waals surface area contributed by atoms with E-state index in [0.717, 1.165) is 28.3 Å². The fraction of sp³-hybridized carbons (Fsp3) is 0.238. The van der Waals surface area contributed by atoms with E-state index in [1.165, 1.54) is 0 Å². The van der Waals surface area contributed by atoms with Crippen LogP contribution in [-0.4, -0.2) is 22.7 Å². The SMILES string of the molecule is Cc1oc(-c2ccccc2)nc1CCOc1ccc(CCC(=O)O)cc1. The van der Waals surface area contributed by atoms with Gasteiger partial charge >= 0.3 is 5.97 Å². The van der Waals surface area contributed by atoms with E-state index in [0.29, 0.717) is 25.3 Å². The molecule has 0 radical (unpaired) electrons. The molecule has 0 bridgehead atoms. The van der Waals surface area contributed by atoms with Gasteiger partial charge < -0.3 is 14.3 Å². The topological polar surface area (TPSA) is 72.6 Å². The van der Waals surface area contributed by atoms with Crippen molar-refractivity contribution in [1.82, 2.24) is 4.98 Å². The van der Waals surface area contributed by atoms with Crippen molar-refractivity contribution in [2.24, 2.45) is 0 Å². The van der Waals surface area contributed by atoms with Gasteiger partial charge in [0, 0.05) is 18.4 Å². The summed E-state index contributed by atoms with van der Waals surface area (Å²) in [5.41, 5.74) is 2.83. The van der Waals surface area contributed by atoms with Crippen molar-refractivity contribution in [3.8, 4) is 17.2 Å². The first kappa shape index (κ1) is 17.7. The third-order valence-corrected chi connectivity index (χ3v) is 4.07. The molecule has 0 aliphatic heterocycles. The molecule has 0 saturated carbocycles. The summed E-state index contributed by atoms with van der Waals surface area (Å²) >= 11 is 0. The number of aromatic nitrogens is 1. The molecule has 0 amide bonds. The van der Waals surface area contributed by atoms with Gasteiger partial charge in [0.25, 0.3) is 0 Å². The van der Waals surface area contributed by atoms with Crippen LogP contribution in [0.4, 0.5) is 0 Å². The lowest BCUT2D eigenvalue weighted by Gasteiger charge is -2.06. The predicted molar refractivity (Wildman–Crippen MR) is 98.3 cm³/mol. The highest BCUT2D eigenvalue weighted by Crippen LogP contribution is 2.22. The molecule has 5 nitrogen and oxygen atoms in total. The molecule has 0 fully saturated rings. The molecule has 0 aliphatic rings. The second kappa shape index (κ2) is 8.34. The number of carboxylic acid groups (broad SMARTS) is 1. The smallest absolute Gasteiger partial charge is 0.303 e. The van der Waals surface area contributed by atoms with Crippen molar-refractivity contribution in [1.29, 1.82) is 0 Å². The number of benzene rings is 2. The van der Waals surface area contributed by atoms with Gasteiger partial charge in [-0.3, -0.25) is 4.79 Å². The minimum absolute atomic E-state index is 0.134. The number of nitrogens with zero attached hydrogens (tertiary/aromatic N) is 1. The second-order valence-corrected chi connectivity index (χ2v) is 6.02. The minimum atomic E-state index is -0.789. The number of aryl methyl sites for hydroxylation is 2. The van der Waals surface area contributed by atoms with Crippen LogP contribution in [-0.2, 0) is 17.6 Å². The third-order valence-electron chi connectivity index (χ3n) is 4.07. The normalized spacial score (nSPS) is 10.7. The first-order valence-electron chi connectivity index (χ1n) is 8.57. The molecule has 0 spiro atoms. The van der Waals surface area contributed by atoms with Crippen LogP contribution in [0, 0.1) is 6.92 Å². The van der Waals surface area contributed by atoms with Crippen LogP contribution in [0.25, 0.3) is 11.5 Å². The Morgan fingerprint density at radius 1 is 1.08 bits per heavy atom. The molecule has 0 unspecified atom stereocenters. The highest BCUT2D eigenvalue weighted by Gasteiger charge is 2.11. The molecule has 5 heteroatoms. The number of rotatable bonds is 8. The van der Waals surface area contributed by atoms with Crippen molar-refractivity contribution >= 4 is 5.97 Å². The molecule has 0 saturated heterocycles. The van der Waals surface area contributed by atoms with Gasteiger partial charge in [-0.1, -0.05) is 30.3 Å². The largest absolute Gasteiger partial charge is 0.493 e. The summed E-state index contributed by atoms with van der Waals surface area (Å²) in [6.45, 7) is 2.40. The van der Waals surface area contributed by atoms with Crippen LogP contribution in [0.1, 0.15) is 23.4 Å². The van der Waals surface area contributed by atoms with Crippen LogP contribution in [0.5, 0.6) is 5.75 Å². The van der Waals surface area contributed by atoms with E-state index in [9.17, 15) is 4.79 Å². The number of hydrogen-bond acceptors (Lipinski definition) is 4. The summed E-state index contributed by atoms with van der Waals surface area (Å²) in [4.78, 5) is 15.2. The van der Waals surface area contributed by atoms with E-state index >= 15 is 0 Å². The number of aliphatic carboxylic acids is 1. The van der Waals surface area contributed by atoms with Gasteiger partial charge in [-0.15, -0.1) is 0 Å². The van der Waals surface area contributed by atoms with Crippen molar-refractivity contribution in [2.75, 3.05) is 6.61 Å². The van der Waals surface area contributed by atoms with E-state index in [-0.39, 0.29) is 6.42 Å². The fourth-order valence-electron chi connectivity index (χ4n) is 2.63. The molecular weight excluding hydrogens is 330 g/mol. The lowest BCUT2D eigenvalue weighted by Crippen LogP contribution is -2.03. The van der Waals surface area contributed by atoms with Gasteiger partial charge in [-0.25, -0.2) is 4.98 Å². The van der Waals surface area contributed by atoms with Gasteiger partial charge in [0.2, 0.25) is 5.89 Å². The molecule has 3 rings (SSSR count). The Labute approximate surface area is 152 Å². The van der Waals surface area contributed by atoms with E-state index in [4.69, 9.17) is 14.3 Å². The van der Waals surface area contributed by atoms with E-state index in [2.05, 4.69) is 4.98 Å². The van der Waals surface area contributed by atoms with Gasteiger partial charge in [0.1, 0.15) is 11.5 Å². The Hall–Kier alpha value is -3.08. The lowest BCUT2D eigenvalue weighted by atomic mass is 10.1. The molecule has 1 heterocycles. The summed E-state index contributed by atoms with van der Waals surface area (Å²) in [7, 11) is 0. The standard InChI is InChI=1S/C21H21NO4/c1-15-19(22-21(26-15)17-5-3-2-4-6-17)13-14-25-18-10-7-16(8-11-18)9-12-20(23)24/h2-8,10-11H,9,12-14H2,1H3,(H,23,24). The second-order valence-electron chi connectivity index (χ2n) is 6.02. The molecular formula is C21H21NO4.